The van der Waals surface area contributed by atoms with Gasteiger partial charge in [0.2, 0.25) is 0 Å². The number of rotatable bonds is 1. The largest absolute Gasteiger partial charge is 0.396 e. The van der Waals surface area contributed by atoms with Crippen molar-refractivity contribution in [3.63, 3.8) is 0 Å². The monoisotopic (exact) mass is 180 g/mol. The molecule has 5 unspecified atom stereocenters. The molecule has 3 fully saturated rings. The van der Waals surface area contributed by atoms with Crippen LogP contribution in [-0.4, -0.2) is 11.7 Å². The lowest BCUT2D eigenvalue weighted by Crippen LogP contribution is -2.08. The first-order valence-electron chi connectivity index (χ1n) is 5.62. The lowest BCUT2D eigenvalue weighted by molar-refractivity contribution is 0.244. The van der Waals surface area contributed by atoms with Crippen molar-refractivity contribution in [2.45, 2.75) is 33.6 Å². The standard InChI is InChI=1S/C12H20O/c1-11(2)7-4-8-10(6-13)12(8,3)5-9(7)11/h7-10,13H,4-6H2,1-3H3. The Balaban J connectivity index is 1.79. The molecule has 3 saturated carbocycles. The molecule has 74 valence electrons. The lowest BCUT2D eigenvalue weighted by atomic mass is 9.90. The minimum atomic E-state index is 0.432. The Morgan fingerprint density at radius 1 is 1.15 bits per heavy atom. The number of hydrogen-bond donors (Lipinski definition) is 1. The molecule has 5 atom stereocenters. The molecule has 0 aliphatic heterocycles. The van der Waals surface area contributed by atoms with Crippen molar-refractivity contribution in [3.05, 3.63) is 0 Å². The first kappa shape index (κ1) is 8.28. The molecule has 0 heterocycles. The van der Waals surface area contributed by atoms with Gasteiger partial charge in [0.25, 0.3) is 0 Å². The van der Waals surface area contributed by atoms with Gasteiger partial charge in [-0.25, -0.2) is 0 Å². The summed E-state index contributed by atoms with van der Waals surface area (Å²) in [5.41, 5.74) is 1.17. The predicted molar refractivity (Wildman–Crippen MR) is 52.2 cm³/mol. The molecule has 1 heteroatoms. The zero-order chi connectivity index (χ0) is 9.43. The van der Waals surface area contributed by atoms with Crippen LogP contribution in [0.3, 0.4) is 0 Å². The Hall–Kier alpha value is -0.0400. The average Bonchev–Trinajstić information content (AvgIpc) is 2.82. The molecule has 3 aliphatic rings. The smallest absolute Gasteiger partial charge is 0.0467 e. The maximum atomic E-state index is 9.23. The van der Waals surface area contributed by atoms with Crippen molar-refractivity contribution in [2.75, 3.05) is 6.61 Å². The highest BCUT2D eigenvalue weighted by molar-refractivity contribution is 5.21. The van der Waals surface area contributed by atoms with Gasteiger partial charge in [-0.3, -0.25) is 0 Å². The molecule has 3 aliphatic carbocycles. The van der Waals surface area contributed by atoms with Gasteiger partial charge in [-0.05, 0) is 47.3 Å². The summed E-state index contributed by atoms with van der Waals surface area (Å²) in [5.74, 6) is 3.48. The summed E-state index contributed by atoms with van der Waals surface area (Å²) in [7, 11) is 0. The van der Waals surface area contributed by atoms with E-state index in [0.717, 1.165) is 17.8 Å². The van der Waals surface area contributed by atoms with E-state index in [1.54, 1.807) is 0 Å². The van der Waals surface area contributed by atoms with Crippen LogP contribution in [0, 0.1) is 34.5 Å². The molecule has 0 radical (unpaired) electrons. The highest BCUT2D eigenvalue weighted by Crippen LogP contribution is 2.78. The Morgan fingerprint density at radius 3 is 2.38 bits per heavy atom. The fourth-order valence-corrected chi connectivity index (χ4v) is 4.31. The van der Waals surface area contributed by atoms with Crippen LogP contribution in [0.2, 0.25) is 0 Å². The van der Waals surface area contributed by atoms with Gasteiger partial charge in [0, 0.05) is 6.61 Å². The Labute approximate surface area is 80.5 Å². The lowest BCUT2D eigenvalue weighted by Gasteiger charge is -2.15. The van der Waals surface area contributed by atoms with E-state index in [2.05, 4.69) is 20.8 Å². The number of hydrogen-bond acceptors (Lipinski definition) is 1. The first-order chi connectivity index (χ1) is 6.02. The van der Waals surface area contributed by atoms with Crippen molar-refractivity contribution in [3.8, 4) is 0 Å². The molecule has 3 rings (SSSR count). The van der Waals surface area contributed by atoms with Crippen molar-refractivity contribution in [1.82, 2.24) is 0 Å². The zero-order valence-corrected chi connectivity index (χ0v) is 8.88. The third kappa shape index (κ3) is 0.782. The third-order valence-electron chi connectivity index (χ3n) is 5.72. The van der Waals surface area contributed by atoms with Gasteiger partial charge in [-0.1, -0.05) is 20.8 Å². The maximum Gasteiger partial charge on any atom is 0.0467 e. The Morgan fingerprint density at radius 2 is 1.85 bits per heavy atom. The minimum absolute atomic E-state index is 0.432. The van der Waals surface area contributed by atoms with Crippen LogP contribution in [0.5, 0.6) is 0 Å². The number of aliphatic hydroxyl groups excluding tert-OH is 1. The number of fused-ring (bicyclic) bond motifs is 2. The molecular formula is C12H20O. The van der Waals surface area contributed by atoms with Crippen LogP contribution in [0.1, 0.15) is 33.6 Å². The summed E-state index contributed by atoms with van der Waals surface area (Å²) >= 11 is 0. The van der Waals surface area contributed by atoms with E-state index in [0.29, 0.717) is 23.4 Å². The van der Waals surface area contributed by atoms with Crippen LogP contribution < -0.4 is 0 Å². The molecule has 0 amide bonds. The molecule has 13 heavy (non-hydrogen) atoms. The van der Waals surface area contributed by atoms with E-state index >= 15 is 0 Å². The molecule has 0 bridgehead atoms. The summed E-state index contributed by atoms with van der Waals surface area (Å²) in [5, 5.41) is 9.23. The SMILES string of the molecule is CC1(C)C2CC3C(CO)C3(C)CC21. The van der Waals surface area contributed by atoms with Crippen LogP contribution >= 0.6 is 0 Å². The highest BCUT2D eigenvalue weighted by atomic mass is 16.3. The van der Waals surface area contributed by atoms with Crippen LogP contribution in [0.4, 0.5) is 0 Å². The fourth-order valence-electron chi connectivity index (χ4n) is 4.31. The zero-order valence-electron chi connectivity index (χ0n) is 8.88. The van der Waals surface area contributed by atoms with Crippen LogP contribution in [-0.2, 0) is 0 Å². The van der Waals surface area contributed by atoms with E-state index in [1.807, 2.05) is 0 Å². The van der Waals surface area contributed by atoms with Gasteiger partial charge in [0.05, 0.1) is 0 Å². The van der Waals surface area contributed by atoms with E-state index in [-0.39, 0.29) is 0 Å². The predicted octanol–water partition coefficient (Wildman–Crippen LogP) is 2.30. The Bertz CT molecular complexity index is 258. The van der Waals surface area contributed by atoms with Crippen molar-refractivity contribution >= 4 is 0 Å². The summed E-state index contributed by atoms with van der Waals surface area (Å²) in [6, 6.07) is 0. The van der Waals surface area contributed by atoms with Gasteiger partial charge >= 0.3 is 0 Å². The second kappa shape index (κ2) is 1.98. The fraction of sp³-hybridized carbons (Fsp3) is 1.00. The summed E-state index contributed by atoms with van der Waals surface area (Å²) < 4.78 is 0. The molecule has 1 N–H and O–H groups in total. The first-order valence-corrected chi connectivity index (χ1v) is 5.62. The van der Waals surface area contributed by atoms with E-state index in [4.69, 9.17) is 0 Å². The Kier molecular flexibility index (Phi) is 1.26. The van der Waals surface area contributed by atoms with E-state index in [1.165, 1.54) is 12.8 Å². The van der Waals surface area contributed by atoms with Gasteiger partial charge in [0.1, 0.15) is 0 Å². The molecule has 0 spiro atoms. The second-order valence-corrected chi connectivity index (χ2v) is 6.38. The van der Waals surface area contributed by atoms with Crippen molar-refractivity contribution < 1.29 is 5.11 Å². The highest BCUT2D eigenvalue weighted by Gasteiger charge is 2.73. The molecule has 1 nitrogen and oxygen atoms in total. The van der Waals surface area contributed by atoms with Crippen molar-refractivity contribution in [2.24, 2.45) is 34.5 Å². The average molecular weight is 180 g/mol. The van der Waals surface area contributed by atoms with Crippen molar-refractivity contribution in [1.29, 1.82) is 0 Å². The number of aliphatic hydroxyl groups is 1. The quantitative estimate of drug-likeness (QED) is 0.656. The van der Waals surface area contributed by atoms with E-state index < -0.39 is 0 Å². The molecule has 0 aromatic rings. The van der Waals surface area contributed by atoms with Gasteiger partial charge < -0.3 is 5.11 Å². The van der Waals surface area contributed by atoms with Gasteiger partial charge in [-0.15, -0.1) is 0 Å². The summed E-state index contributed by atoms with van der Waals surface area (Å²) in [4.78, 5) is 0. The van der Waals surface area contributed by atoms with Gasteiger partial charge in [-0.2, -0.15) is 0 Å². The summed E-state index contributed by atoms with van der Waals surface area (Å²) in [6.45, 7) is 7.67. The van der Waals surface area contributed by atoms with E-state index in [9.17, 15) is 5.11 Å². The van der Waals surface area contributed by atoms with Crippen LogP contribution in [0.25, 0.3) is 0 Å². The maximum absolute atomic E-state index is 9.23. The topological polar surface area (TPSA) is 20.2 Å². The molecule has 0 aromatic heterocycles. The normalized spacial score (nSPS) is 60.9. The van der Waals surface area contributed by atoms with Crippen LogP contribution in [0.15, 0.2) is 0 Å². The molecule has 0 saturated heterocycles. The molecule has 0 aromatic carbocycles. The van der Waals surface area contributed by atoms with Gasteiger partial charge in [0.15, 0.2) is 0 Å². The third-order valence-corrected chi connectivity index (χ3v) is 5.72. The minimum Gasteiger partial charge on any atom is -0.396 e. The molecular weight excluding hydrogens is 160 g/mol. The summed E-state index contributed by atoms with van der Waals surface area (Å²) in [6.07, 6.45) is 2.79. The second-order valence-electron chi connectivity index (χ2n) is 6.38.